The highest BCUT2D eigenvalue weighted by atomic mass is 16.1. The Morgan fingerprint density at radius 1 is 1.40 bits per heavy atom. The van der Waals surface area contributed by atoms with Gasteiger partial charge in [0, 0.05) is 18.5 Å². The lowest BCUT2D eigenvalue weighted by atomic mass is 10.2. The summed E-state index contributed by atoms with van der Waals surface area (Å²) in [5.74, 6) is 0.185. The largest absolute Gasteiger partial charge is 0.382 e. The number of nitrogen functional groups attached to an aromatic ring is 1. The number of nitrogens with zero attached hydrogens (tertiary/aromatic N) is 3. The van der Waals surface area contributed by atoms with E-state index in [9.17, 15) is 4.79 Å². The Morgan fingerprint density at radius 3 is 2.80 bits per heavy atom. The summed E-state index contributed by atoms with van der Waals surface area (Å²) in [5, 5.41) is 3.95. The minimum absolute atomic E-state index is 0.306. The zero-order valence-corrected chi connectivity index (χ0v) is 7.79. The summed E-state index contributed by atoms with van der Waals surface area (Å²) in [6, 6.07) is 4.83. The van der Waals surface area contributed by atoms with Crippen LogP contribution >= 0.6 is 0 Å². The second kappa shape index (κ2) is 3.41. The smallest absolute Gasteiger partial charge is 0.252 e. The second-order valence-electron chi connectivity index (χ2n) is 2.92. The van der Waals surface area contributed by atoms with E-state index in [0.717, 1.165) is 0 Å². The van der Waals surface area contributed by atoms with Gasteiger partial charge < -0.3 is 11.5 Å². The van der Waals surface area contributed by atoms with Crippen LogP contribution in [0.4, 0.5) is 5.82 Å². The fourth-order valence-corrected chi connectivity index (χ4v) is 1.23. The summed E-state index contributed by atoms with van der Waals surface area (Å²) in [7, 11) is 0. The molecule has 0 atom stereocenters. The van der Waals surface area contributed by atoms with Crippen LogP contribution in [-0.4, -0.2) is 20.7 Å². The molecule has 1 amide bonds. The van der Waals surface area contributed by atoms with E-state index >= 15 is 0 Å². The van der Waals surface area contributed by atoms with E-state index in [0.29, 0.717) is 17.2 Å². The Labute approximate surface area is 85.5 Å². The molecule has 4 N–H and O–H groups in total. The third-order valence-corrected chi connectivity index (χ3v) is 1.88. The van der Waals surface area contributed by atoms with Crippen molar-refractivity contribution in [2.24, 2.45) is 5.73 Å². The van der Waals surface area contributed by atoms with Gasteiger partial charge in [-0.3, -0.25) is 4.79 Å². The van der Waals surface area contributed by atoms with Crippen LogP contribution in [0.1, 0.15) is 10.4 Å². The van der Waals surface area contributed by atoms with Gasteiger partial charge in [-0.2, -0.15) is 0 Å². The fourth-order valence-electron chi connectivity index (χ4n) is 1.23. The molecule has 6 nitrogen and oxygen atoms in total. The highest BCUT2D eigenvalue weighted by molar-refractivity contribution is 5.95. The average molecular weight is 203 g/mol. The van der Waals surface area contributed by atoms with Crippen molar-refractivity contribution in [3.8, 4) is 5.82 Å². The molecule has 2 heterocycles. The van der Waals surface area contributed by atoms with Gasteiger partial charge in [-0.05, 0) is 12.1 Å². The first-order valence-corrected chi connectivity index (χ1v) is 4.25. The highest BCUT2D eigenvalue weighted by Crippen LogP contribution is 2.10. The van der Waals surface area contributed by atoms with Crippen molar-refractivity contribution in [1.82, 2.24) is 14.8 Å². The minimum Gasteiger partial charge on any atom is -0.382 e. The van der Waals surface area contributed by atoms with Crippen molar-refractivity contribution < 1.29 is 4.79 Å². The number of hydrogen-bond donors (Lipinski definition) is 2. The van der Waals surface area contributed by atoms with E-state index in [1.165, 1.54) is 4.68 Å². The van der Waals surface area contributed by atoms with Gasteiger partial charge in [-0.25, -0.2) is 9.67 Å². The molecular weight excluding hydrogens is 194 g/mol. The first kappa shape index (κ1) is 9.20. The number of pyridine rings is 1. The van der Waals surface area contributed by atoms with Gasteiger partial charge in [0.15, 0.2) is 5.82 Å². The molecule has 0 bridgehead atoms. The van der Waals surface area contributed by atoms with Crippen molar-refractivity contribution >= 4 is 11.7 Å². The zero-order chi connectivity index (χ0) is 10.8. The summed E-state index contributed by atoms with van der Waals surface area (Å²) < 4.78 is 1.41. The number of hydrogen-bond acceptors (Lipinski definition) is 4. The van der Waals surface area contributed by atoms with Crippen LogP contribution in [0.5, 0.6) is 0 Å². The molecule has 2 aromatic rings. The Balaban J connectivity index is 2.57. The zero-order valence-electron chi connectivity index (χ0n) is 7.79. The van der Waals surface area contributed by atoms with Gasteiger partial charge in [-0.15, -0.1) is 5.10 Å². The van der Waals surface area contributed by atoms with E-state index in [1.807, 2.05) is 0 Å². The number of primary amides is 1. The summed E-state index contributed by atoms with van der Waals surface area (Å²) in [4.78, 5) is 15.1. The molecular formula is C9H9N5O. The van der Waals surface area contributed by atoms with Gasteiger partial charge in [0.25, 0.3) is 5.91 Å². The number of nitrogens with two attached hydrogens (primary N) is 2. The molecule has 0 aromatic carbocycles. The van der Waals surface area contributed by atoms with Gasteiger partial charge in [0.1, 0.15) is 5.82 Å². The molecule has 0 aliphatic carbocycles. The fraction of sp³-hybridized carbons (Fsp3) is 0. The third kappa shape index (κ3) is 1.64. The molecule has 0 fully saturated rings. The number of amides is 1. The molecule has 0 saturated heterocycles. The number of anilines is 1. The highest BCUT2D eigenvalue weighted by Gasteiger charge is 2.10. The molecule has 2 aromatic heterocycles. The van der Waals surface area contributed by atoms with E-state index in [-0.39, 0.29) is 0 Å². The number of rotatable bonds is 2. The van der Waals surface area contributed by atoms with Gasteiger partial charge in [0.05, 0.1) is 5.56 Å². The Morgan fingerprint density at radius 2 is 2.20 bits per heavy atom. The number of carbonyl (C=O) groups is 1. The first-order chi connectivity index (χ1) is 7.18. The molecule has 0 aliphatic heterocycles. The SMILES string of the molecule is NC(=O)c1cccnc1-n1ccc(N)n1. The molecule has 0 unspecified atom stereocenters. The van der Waals surface area contributed by atoms with Crippen LogP contribution in [-0.2, 0) is 0 Å². The average Bonchev–Trinajstić information content (AvgIpc) is 2.65. The van der Waals surface area contributed by atoms with Crippen molar-refractivity contribution in [3.63, 3.8) is 0 Å². The van der Waals surface area contributed by atoms with Crippen LogP contribution < -0.4 is 11.5 Å². The predicted octanol–water partition coefficient (Wildman–Crippen LogP) is -0.0516. The van der Waals surface area contributed by atoms with E-state index < -0.39 is 5.91 Å². The molecule has 2 rings (SSSR count). The van der Waals surface area contributed by atoms with E-state index in [4.69, 9.17) is 11.5 Å². The van der Waals surface area contributed by atoms with Crippen LogP contribution in [0.2, 0.25) is 0 Å². The standard InChI is InChI=1S/C9H9N5O/c10-7-3-5-14(13-7)9-6(8(11)15)2-1-4-12-9/h1-5H,(H2,10,13)(H2,11,15). The normalized spacial score (nSPS) is 10.1. The molecule has 0 radical (unpaired) electrons. The molecule has 0 spiro atoms. The number of aromatic nitrogens is 3. The summed E-state index contributed by atoms with van der Waals surface area (Å²) >= 11 is 0. The van der Waals surface area contributed by atoms with Crippen LogP contribution in [0.25, 0.3) is 5.82 Å². The lowest BCUT2D eigenvalue weighted by Crippen LogP contribution is -2.16. The van der Waals surface area contributed by atoms with Crippen molar-refractivity contribution in [2.75, 3.05) is 5.73 Å². The van der Waals surface area contributed by atoms with Crippen molar-refractivity contribution in [3.05, 3.63) is 36.2 Å². The van der Waals surface area contributed by atoms with E-state index in [2.05, 4.69) is 10.1 Å². The quantitative estimate of drug-likeness (QED) is 0.714. The molecule has 6 heteroatoms. The molecule has 0 saturated carbocycles. The maximum atomic E-state index is 11.1. The first-order valence-electron chi connectivity index (χ1n) is 4.25. The molecule has 76 valence electrons. The Bertz CT molecular complexity index is 505. The number of carbonyl (C=O) groups excluding carboxylic acids is 1. The van der Waals surface area contributed by atoms with Crippen LogP contribution in [0.3, 0.4) is 0 Å². The molecule has 15 heavy (non-hydrogen) atoms. The Kier molecular flexibility index (Phi) is 2.09. The van der Waals surface area contributed by atoms with Crippen LogP contribution in [0, 0.1) is 0 Å². The van der Waals surface area contributed by atoms with Gasteiger partial charge in [0.2, 0.25) is 0 Å². The monoisotopic (exact) mass is 203 g/mol. The lowest BCUT2D eigenvalue weighted by molar-refractivity contribution is 0.1000. The topological polar surface area (TPSA) is 99.8 Å². The van der Waals surface area contributed by atoms with Gasteiger partial charge in [-0.1, -0.05) is 0 Å². The summed E-state index contributed by atoms with van der Waals surface area (Å²) in [5.41, 5.74) is 11.0. The second-order valence-corrected chi connectivity index (χ2v) is 2.92. The van der Waals surface area contributed by atoms with Gasteiger partial charge >= 0.3 is 0 Å². The van der Waals surface area contributed by atoms with Crippen molar-refractivity contribution in [1.29, 1.82) is 0 Å². The van der Waals surface area contributed by atoms with Crippen LogP contribution in [0.15, 0.2) is 30.6 Å². The maximum Gasteiger partial charge on any atom is 0.252 e. The Hall–Kier alpha value is -2.37. The van der Waals surface area contributed by atoms with Crippen molar-refractivity contribution in [2.45, 2.75) is 0 Å². The van der Waals surface area contributed by atoms with E-state index in [1.54, 1.807) is 30.6 Å². The minimum atomic E-state index is -0.549. The summed E-state index contributed by atoms with van der Waals surface area (Å²) in [6.07, 6.45) is 3.17. The summed E-state index contributed by atoms with van der Waals surface area (Å²) in [6.45, 7) is 0. The maximum absolute atomic E-state index is 11.1. The predicted molar refractivity (Wildman–Crippen MR) is 54.3 cm³/mol. The third-order valence-electron chi connectivity index (χ3n) is 1.88. The molecule has 0 aliphatic rings. The lowest BCUT2D eigenvalue weighted by Gasteiger charge is -2.03.